The molecule has 1 atom stereocenters. The summed E-state index contributed by atoms with van der Waals surface area (Å²) in [6.07, 6.45) is 1.91. The van der Waals surface area contributed by atoms with Gasteiger partial charge in [-0.05, 0) is 31.7 Å². The second kappa shape index (κ2) is 7.84. The van der Waals surface area contributed by atoms with Gasteiger partial charge >= 0.3 is 0 Å². The number of benzene rings is 1. The quantitative estimate of drug-likeness (QED) is 0.901. The highest BCUT2D eigenvalue weighted by molar-refractivity contribution is 6.31. The Kier molecular flexibility index (Phi) is 6.09. The smallest absolute Gasteiger partial charge is 0.227 e. The van der Waals surface area contributed by atoms with E-state index in [2.05, 4.69) is 29.1 Å². The second-order valence-electron chi connectivity index (χ2n) is 6.13. The van der Waals surface area contributed by atoms with Crippen LogP contribution in [0.4, 0.5) is 11.4 Å². The fourth-order valence-corrected chi connectivity index (χ4v) is 2.92. The number of rotatable bonds is 5. The topological polar surface area (TPSA) is 35.6 Å². The average Bonchev–Trinajstić information content (AvgIpc) is 2.49. The first-order valence-corrected chi connectivity index (χ1v) is 8.43. The summed E-state index contributed by atoms with van der Waals surface area (Å²) in [5.74, 6) is 0.0869. The van der Waals surface area contributed by atoms with E-state index in [-0.39, 0.29) is 11.8 Å². The minimum atomic E-state index is 0.0179. The normalized spacial score (nSPS) is 17.4. The summed E-state index contributed by atoms with van der Waals surface area (Å²) >= 11 is 6.13. The lowest BCUT2D eigenvalue weighted by molar-refractivity contribution is -0.119. The predicted octanol–water partition coefficient (Wildman–Crippen LogP) is 3.47. The summed E-state index contributed by atoms with van der Waals surface area (Å²) in [7, 11) is 2.13. The maximum atomic E-state index is 12.3. The van der Waals surface area contributed by atoms with Gasteiger partial charge in [-0.3, -0.25) is 4.79 Å². The molecule has 1 aromatic carbocycles. The van der Waals surface area contributed by atoms with E-state index in [1.807, 2.05) is 25.1 Å². The number of hydrogen-bond acceptors (Lipinski definition) is 3. The molecule has 4 nitrogen and oxygen atoms in total. The Labute approximate surface area is 138 Å². The molecule has 1 fully saturated rings. The van der Waals surface area contributed by atoms with E-state index >= 15 is 0 Å². The number of amides is 1. The number of anilines is 2. The van der Waals surface area contributed by atoms with Crippen LogP contribution >= 0.6 is 11.6 Å². The summed E-state index contributed by atoms with van der Waals surface area (Å²) in [5.41, 5.74) is 1.89. The van der Waals surface area contributed by atoms with Crippen LogP contribution in [0.15, 0.2) is 18.2 Å². The summed E-state index contributed by atoms with van der Waals surface area (Å²) in [4.78, 5) is 16.9. The highest BCUT2D eigenvalue weighted by Gasteiger charge is 2.19. The lowest BCUT2D eigenvalue weighted by Gasteiger charge is -2.35. The molecule has 22 heavy (non-hydrogen) atoms. The van der Waals surface area contributed by atoms with Gasteiger partial charge in [-0.15, -0.1) is 0 Å². The Balaban J connectivity index is 2.15. The van der Waals surface area contributed by atoms with Crippen LogP contribution < -0.4 is 10.2 Å². The van der Waals surface area contributed by atoms with E-state index in [0.717, 1.165) is 50.4 Å². The average molecular weight is 324 g/mol. The van der Waals surface area contributed by atoms with E-state index < -0.39 is 0 Å². The van der Waals surface area contributed by atoms with Gasteiger partial charge in [-0.2, -0.15) is 0 Å². The van der Waals surface area contributed by atoms with Crippen molar-refractivity contribution in [3.8, 4) is 0 Å². The third kappa shape index (κ3) is 4.37. The standard InChI is InChI=1S/C17H26ClN3O/c1-4-5-13(2)17(22)19-15-12-14(18)6-7-16(15)21-10-8-20(3)9-11-21/h6-7,12-13H,4-5,8-11H2,1-3H3,(H,19,22)/t13-/m0/s1. The van der Waals surface area contributed by atoms with Crippen LogP contribution in [-0.2, 0) is 4.79 Å². The number of piperazine rings is 1. The van der Waals surface area contributed by atoms with E-state index in [9.17, 15) is 4.79 Å². The Morgan fingerprint density at radius 2 is 2.00 bits per heavy atom. The molecule has 0 unspecified atom stereocenters. The maximum Gasteiger partial charge on any atom is 0.227 e. The van der Waals surface area contributed by atoms with Gasteiger partial charge in [0.05, 0.1) is 11.4 Å². The van der Waals surface area contributed by atoms with Gasteiger partial charge in [-0.25, -0.2) is 0 Å². The molecule has 122 valence electrons. The van der Waals surface area contributed by atoms with Crippen molar-refractivity contribution >= 4 is 28.9 Å². The van der Waals surface area contributed by atoms with Crippen LogP contribution in [0.25, 0.3) is 0 Å². The number of halogens is 1. The third-order valence-corrected chi connectivity index (χ3v) is 4.46. The first kappa shape index (κ1) is 17.1. The Morgan fingerprint density at radius 1 is 1.32 bits per heavy atom. The molecule has 0 aliphatic carbocycles. The fraction of sp³-hybridized carbons (Fsp3) is 0.588. The summed E-state index contributed by atoms with van der Waals surface area (Å²) in [6.45, 7) is 8.05. The largest absolute Gasteiger partial charge is 0.367 e. The molecule has 1 N–H and O–H groups in total. The zero-order valence-corrected chi connectivity index (χ0v) is 14.5. The van der Waals surface area contributed by atoms with Crippen LogP contribution in [0.2, 0.25) is 5.02 Å². The van der Waals surface area contributed by atoms with Crippen molar-refractivity contribution in [3.05, 3.63) is 23.2 Å². The number of carbonyl (C=O) groups is 1. The molecule has 0 saturated carbocycles. The molecule has 1 aliphatic rings. The molecule has 0 radical (unpaired) electrons. The summed E-state index contributed by atoms with van der Waals surface area (Å²) in [5, 5.41) is 3.72. The second-order valence-corrected chi connectivity index (χ2v) is 6.57. The molecule has 0 aromatic heterocycles. The van der Waals surface area contributed by atoms with E-state index in [1.54, 1.807) is 0 Å². The SMILES string of the molecule is CCC[C@H](C)C(=O)Nc1cc(Cl)ccc1N1CCN(C)CC1. The molecule has 1 aliphatic heterocycles. The van der Waals surface area contributed by atoms with Crippen molar-refractivity contribution < 1.29 is 4.79 Å². The number of nitrogens with zero attached hydrogens (tertiary/aromatic N) is 2. The monoisotopic (exact) mass is 323 g/mol. The molecular weight excluding hydrogens is 298 g/mol. The fourth-order valence-electron chi connectivity index (χ4n) is 2.75. The van der Waals surface area contributed by atoms with Crippen molar-refractivity contribution in [2.45, 2.75) is 26.7 Å². The Bertz CT molecular complexity index is 513. The first-order chi connectivity index (χ1) is 10.5. The Morgan fingerprint density at radius 3 is 2.64 bits per heavy atom. The van der Waals surface area contributed by atoms with Gasteiger partial charge in [0.2, 0.25) is 5.91 Å². The number of nitrogens with one attached hydrogen (secondary N) is 1. The molecule has 0 bridgehead atoms. The number of likely N-dealkylation sites (N-methyl/N-ethyl adjacent to an activating group) is 1. The van der Waals surface area contributed by atoms with Crippen LogP contribution in [-0.4, -0.2) is 44.0 Å². The molecule has 1 saturated heterocycles. The lowest BCUT2D eigenvalue weighted by atomic mass is 10.1. The maximum absolute atomic E-state index is 12.3. The third-order valence-electron chi connectivity index (χ3n) is 4.23. The minimum Gasteiger partial charge on any atom is -0.367 e. The summed E-state index contributed by atoms with van der Waals surface area (Å²) < 4.78 is 0. The van der Waals surface area contributed by atoms with E-state index in [4.69, 9.17) is 11.6 Å². The molecule has 1 aromatic rings. The zero-order valence-electron chi connectivity index (χ0n) is 13.7. The van der Waals surface area contributed by atoms with Gasteiger partial charge in [-0.1, -0.05) is 31.9 Å². The number of carbonyl (C=O) groups excluding carboxylic acids is 1. The Hall–Kier alpha value is -1.26. The number of hydrogen-bond donors (Lipinski definition) is 1. The van der Waals surface area contributed by atoms with Gasteiger partial charge in [0.1, 0.15) is 0 Å². The van der Waals surface area contributed by atoms with Gasteiger partial charge in [0.15, 0.2) is 0 Å². The predicted molar refractivity (Wildman–Crippen MR) is 93.9 cm³/mol. The molecule has 1 heterocycles. The zero-order chi connectivity index (χ0) is 16.1. The van der Waals surface area contributed by atoms with Crippen molar-refractivity contribution in [3.63, 3.8) is 0 Å². The lowest BCUT2D eigenvalue weighted by Crippen LogP contribution is -2.44. The molecule has 0 spiro atoms. The molecule has 1 amide bonds. The van der Waals surface area contributed by atoms with Crippen molar-refractivity contribution in [1.29, 1.82) is 0 Å². The van der Waals surface area contributed by atoms with Crippen molar-refractivity contribution in [2.75, 3.05) is 43.4 Å². The van der Waals surface area contributed by atoms with Crippen LogP contribution in [0, 0.1) is 5.92 Å². The van der Waals surface area contributed by atoms with Crippen molar-refractivity contribution in [2.24, 2.45) is 5.92 Å². The van der Waals surface area contributed by atoms with Crippen LogP contribution in [0.5, 0.6) is 0 Å². The van der Waals surface area contributed by atoms with Crippen molar-refractivity contribution in [1.82, 2.24) is 4.90 Å². The molecule has 2 rings (SSSR count). The minimum absolute atomic E-state index is 0.0179. The summed E-state index contributed by atoms with van der Waals surface area (Å²) in [6, 6.07) is 5.75. The highest BCUT2D eigenvalue weighted by atomic mass is 35.5. The molecule has 5 heteroatoms. The van der Waals surface area contributed by atoms with Gasteiger partial charge in [0, 0.05) is 37.1 Å². The van der Waals surface area contributed by atoms with Gasteiger partial charge in [0.25, 0.3) is 0 Å². The van der Waals surface area contributed by atoms with Crippen LogP contribution in [0.1, 0.15) is 26.7 Å². The van der Waals surface area contributed by atoms with E-state index in [0.29, 0.717) is 5.02 Å². The van der Waals surface area contributed by atoms with Crippen LogP contribution in [0.3, 0.4) is 0 Å². The van der Waals surface area contributed by atoms with Gasteiger partial charge < -0.3 is 15.1 Å². The molecular formula is C17H26ClN3O. The first-order valence-electron chi connectivity index (χ1n) is 8.05. The highest BCUT2D eigenvalue weighted by Crippen LogP contribution is 2.30. The van der Waals surface area contributed by atoms with E-state index in [1.165, 1.54) is 0 Å².